The van der Waals surface area contributed by atoms with Gasteiger partial charge in [0.15, 0.2) is 5.82 Å². The Morgan fingerprint density at radius 3 is 2.34 bits per heavy atom. The maximum absolute atomic E-state index is 13.1. The zero-order chi connectivity index (χ0) is 20.1. The van der Waals surface area contributed by atoms with Crippen molar-refractivity contribution >= 4 is 11.7 Å². The Kier molecular flexibility index (Phi) is 6.39. The molecule has 6 nitrogen and oxygen atoms in total. The molecule has 1 saturated carbocycles. The molecule has 29 heavy (non-hydrogen) atoms. The number of piperazine rings is 1. The lowest BCUT2D eigenvalue weighted by atomic mass is 10.1. The smallest absolute Gasteiger partial charge is 0.270 e. The molecule has 2 fully saturated rings. The van der Waals surface area contributed by atoms with Gasteiger partial charge in [0, 0.05) is 43.9 Å². The number of nitrogens with one attached hydrogen (secondary N) is 1. The van der Waals surface area contributed by atoms with E-state index in [9.17, 15) is 4.79 Å². The summed E-state index contributed by atoms with van der Waals surface area (Å²) in [6.45, 7) is 3.80. The highest BCUT2D eigenvalue weighted by atomic mass is 16.1. The minimum atomic E-state index is -0.0770. The molecule has 0 atom stereocenters. The van der Waals surface area contributed by atoms with Gasteiger partial charge in [-0.05, 0) is 19.9 Å². The van der Waals surface area contributed by atoms with E-state index < -0.39 is 0 Å². The van der Waals surface area contributed by atoms with Crippen LogP contribution in [-0.2, 0) is 0 Å². The molecule has 1 saturated heterocycles. The molecule has 2 aliphatic rings. The van der Waals surface area contributed by atoms with Gasteiger partial charge in [-0.1, -0.05) is 56.0 Å². The molecule has 2 aromatic rings. The lowest BCUT2D eigenvalue weighted by molar-refractivity contribution is 0.0928. The highest BCUT2D eigenvalue weighted by Crippen LogP contribution is 2.22. The quantitative estimate of drug-likeness (QED) is 0.807. The molecule has 0 unspecified atom stereocenters. The zero-order valence-electron chi connectivity index (χ0n) is 17.3. The van der Waals surface area contributed by atoms with Crippen LogP contribution in [0.15, 0.2) is 36.4 Å². The van der Waals surface area contributed by atoms with E-state index in [2.05, 4.69) is 27.1 Å². The normalized spacial score (nSPS) is 19.0. The molecule has 2 heterocycles. The van der Waals surface area contributed by atoms with Crippen molar-refractivity contribution in [3.8, 4) is 11.4 Å². The predicted octanol–water partition coefficient (Wildman–Crippen LogP) is 3.35. The van der Waals surface area contributed by atoms with E-state index in [0.717, 1.165) is 50.4 Å². The van der Waals surface area contributed by atoms with E-state index in [0.29, 0.717) is 11.5 Å². The maximum Gasteiger partial charge on any atom is 0.270 e. The number of rotatable bonds is 4. The molecule has 1 aliphatic heterocycles. The molecule has 4 rings (SSSR count). The topological polar surface area (TPSA) is 61.4 Å². The van der Waals surface area contributed by atoms with Gasteiger partial charge >= 0.3 is 0 Å². The van der Waals surface area contributed by atoms with Crippen molar-refractivity contribution in [3.63, 3.8) is 0 Å². The van der Waals surface area contributed by atoms with Crippen molar-refractivity contribution in [2.75, 3.05) is 38.1 Å². The van der Waals surface area contributed by atoms with Crippen LogP contribution in [0, 0.1) is 0 Å². The molecule has 154 valence electrons. The number of aromatic nitrogens is 2. The molecule has 0 radical (unpaired) electrons. The van der Waals surface area contributed by atoms with Gasteiger partial charge < -0.3 is 15.1 Å². The number of likely N-dealkylation sites (N-methyl/N-ethyl adjacent to an activating group) is 1. The number of anilines is 1. The lowest BCUT2D eigenvalue weighted by Crippen LogP contribution is -2.45. The summed E-state index contributed by atoms with van der Waals surface area (Å²) < 4.78 is 0. The summed E-state index contributed by atoms with van der Waals surface area (Å²) in [6, 6.07) is 12.1. The third-order valence-corrected chi connectivity index (χ3v) is 5.99. The molecule has 0 bridgehead atoms. The van der Waals surface area contributed by atoms with E-state index in [1.54, 1.807) is 0 Å². The number of carbonyl (C=O) groups is 1. The van der Waals surface area contributed by atoms with E-state index in [1.807, 2.05) is 36.4 Å². The summed E-state index contributed by atoms with van der Waals surface area (Å²) in [4.78, 5) is 27.1. The number of carbonyl (C=O) groups excluding carboxylic acids is 1. The maximum atomic E-state index is 13.1. The highest BCUT2D eigenvalue weighted by Gasteiger charge is 2.21. The van der Waals surface area contributed by atoms with Gasteiger partial charge in [0.1, 0.15) is 11.5 Å². The van der Waals surface area contributed by atoms with Gasteiger partial charge in [-0.15, -0.1) is 0 Å². The van der Waals surface area contributed by atoms with Gasteiger partial charge in [-0.2, -0.15) is 0 Å². The van der Waals surface area contributed by atoms with Gasteiger partial charge in [0.2, 0.25) is 0 Å². The lowest BCUT2D eigenvalue weighted by Gasteiger charge is -2.33. The molecule has 1 aromatic carbocycles. The summed E-state index contributed by atoms with van der Waals surface area (Å²) in [7, 11) is 2.14. The van der Waals surface area contributed by atoms with E-state index >= 15 is 0 Å². The molecule has 6 heteroatoms. The van der Waals surface area contributed by atoms with Crippen molar-refractivity contribution in [1.82, 2.24) is 20.2 Å². The number of amides is 1. The molecule has 1 aromatic heterocycles. The Morgan fingerprint density at radius 2 is 1.66 bits per heavy atom. The Labute approximate surface area is 173 Å². The molecular formula is C23H31N5O. The first-order chi connectivity index (χ1) is 14.2. The molecule has 0 spiro atoms. The second kappa shape index (κ2) is 9.35. The molecular weight excluding hydrogens is 362 g/mol. The van der Waals surface area contributed by atoms with Gasteiger partial charge in [0.25, 0.3) is 5.91 Å². The average molecular weight is 394 g/mol. The van der Waals surface area contributed by atoms with Crippen molar-refractivity contribution in [3.05, 3.63) is 42.1 Å². The molecule has 1 amide bonds. The van der Waals surface area contributed by atoms with Crippen LogP contribution in [-0.4, -0.2) is 60.0 Å². The van der Waals surface area contributed by atoms with Crippen molar-refractivity contribution in [2.24, 2.45) is 0 Å². The summed E-state index contributed by atoms with van der Waals surface area (Å²) in [5.41, 5.74) is 1.41. The van der Waals surface area contributed by atoms with Crippen molar-refractivity contribution in [2.45, 2.75) is 44.6 Å². The SMILES string of the molecule is CN1CCN(c2cc(C(=O)NC3CCCCCC3)nc(-c3ccccc3)n2)CC1. The number of hydrogen-bond donors (Lipinski definition) is 1. The Balaban J connectivity index is 1.61. The first kappa shape index (κ1) is 19.8. The van der Waals surface area contributed by atoms with Gasteiger partial charge in [0.05, 0.1) is 0 Å². The standard InChI is InChI=1S/C23H31N5O/c1-27-13-15-28(16-14-27)21-17-20(23(29)24-19-11-7-2-3-8-12-19)25-22(26-21)18-9-5-4-6-10-18/h4-6,9-10,17,19H,2-3,7-8,11-16H2,1H3,(H,24,29). The highest BCUT2D eigenvalue weighted by molar-refractivity contribution is 5.93. The van der Waals surface area contributed by atoms with E-state index in [4.69, 9.17) is 4.98 Å². The van der Waals surface area contributed by atoms with E-state index in [1.165, 1.54) is 25.7 Å². The largest absolute Gasteiger partial charge is 0.354 e. The third-order valence-electron chi connectivity index (χ3n) is 5.99. The van der Waals surface area contributed by atoms with Crippen molar-refractivity contribution < 1.29 is 4.79 Å². The fourth-order valence-corrected chi connectivity index (χ4v) is 4.15. The molecule has 1 N–H and O–H groups in total. The number of benzene rings is 1. The summed E-state index contributed by atoms with van der Waals surface area (Å²) in [6.07, 6.45) is 7.05. The first-order valence-electron chi connectivity index (χ1n) is 10.9. The van der Waals surface area contributed by atoms with Crippen LogP contribution in [0.1, 0.15) is 49.0 Å². The van der Waals surface area contributed by atoms with Crippen molar-refractivity contribution in [1.29, 1.82) is 0 Å². The second-order valence-electron chi connectivity index (χ2n) is 8.25. The number of nitrogens with zero attached hydrogens (tertiary/aromatic N) is 4. The monoisotopic (exact) mass is 393 g/mol. The zero-order valence-corrected chi connectivity index (χ0v) is 17.3. The Morgan fingerprint density at radius 1 is 0.966 bits per heavy atom. The summed E-state index contributed by atoms with van der Waals surface area (Å²) in [5, 5.41) is 3.24. The van der Waals surface area contributed by atoms with Crippen LogP contribution >= 0.6 is 0 Å². The molecule has 1 aliphatic carbocycles. The van der Waals surface area contributed by atoms with Crippen LogP contribution < -0.4 is 10.2 Å². The number of hydrogen-bond acceptors (Lipinski definition) is 5. The van der Waals surface area contributed by atoms with Crippen LogP contribution in [0.25, 0.3) is 11.4 Å². The third kappa shape index (κ3) is 5.12. The predicted molar refractivity (Wildman–Crippen MR) is 116 cm³/mol. The minimum absolute atomic E-state index is 0.0770. The van der Waals surface area contributed by atoms with Crippen LogP contribution in [0.4, 0.5) is 5.82 Å². The summed E-state index contributed by atoms with van der Waals surface area (Å²) in [5.74, 6) is 1.39. The fourth-order valence-electron chi connectivity index (χ4n) is 4.15. The van der Waals surface area contributed by atoms with Crippen LogP contribution in [0.3, 0.4) is 0 Å². The Hall–Kier alpha value is -2.47. The van der Waals surface area contributed by atoms with Crippen LogP contribution in [0.2, 0.25) is 0 Å². The van der Waals surface area contributed by atoms with Gasteiger partial charge in [-0.3, -0.25) is 4.79 Å². The Bertz CT molecular complexity index is 809. The second-order valence-corrected chi connectivity index (χ2v) is 8.25. The fraction of sp³-hybridized carbons (Fsp3) is 0.522. The van der Waals surface area contributed by atoms with E-state index in [-0.39, 0.29) is 11.9 Å². The first-order valence-corrected chi connectivity index (χ1v) is 10.9. The van der Waals surface area contributed by atoms with Crippen LogP contribution in [0.5, 0.6) is 0 Å². The van der Waals surface area contributed by atoms with Gasteiger partial charge in [-0.25, -0.2) is 9.97 Å². The minimum Gasteiger partial charge on any atom is -0.354 e. The average Bonchev–Trinajstić information content (AvgIpc) is 3.03. The summed E-state index contributed by atoms with van der Waals surface area (Å²) >= 11 is 0.